The first-order chi connectivity index (χ1) is 9.61. The molecule has 0 N–H and O–H groups in total. The van der Waals surface area contributed by atoms with Crippen molar-refractivity contribution in [3.05, 3.63) is 68.2 Å². The second-order valence-electron chi connectivity index (χ2n) is 4.15. The molecule has 3 nitrogen and oxygen atoms in total. The summed E-state index contributed by atoms with van der Waals surface area (Å²) in [6.45, 7) is 0. The van der Waals surface area contributed by atoms with Gasteiger partial charge in [0.05, 0.1) is 5.57 Å². The van der Waals surface area contributed by atoms with E-state index in [1.54, 1.807) is 42.5 Å². The molecule has 0 saturated heterocycles. The minimum Gasteiger partial charge on any atom is -0.451 e. The molecule has 100 valence electrons. The summed E-state index contributed by atoms with van der Waals surface area (Å²) in [5.41, 5.74) is 1.26. The van der Waals surface area contributed by atoms with Crippen LogP contribution in [0.3, 0.4) is 0 Å². The molecule has 0 fully saturated rings. The molecule has 1 aromatic heterocycles. The van der Waals surface area contributed by atoms with E-state index >= 15 is 0 Å². The molecule has 2 heterocycles. The minimum atomic E-state index is -0.388. The maximum absolute atomic E-state index is 11.8. The van der Waals surface area contributed by atoms with Gasteiger partial charge in [0.25, 0.3) is 0 Å². The molecule has 0 radical (unpaired) electrons. The molecule has 1 aromatic carbocycles. The standard InChI is InChI=1S/C15H8ClIO3/c16-11-3-1-9(2-4-11)13-8-10(15(18)20-13)7-12-5-6-14(17)19-12/h1-8H. The van der Waals surface area contributed by atoms with Gasteiger partial charge >= 0.3 is 5.97 Å². The number of ether oxygens (including phenoxy) is 1. The third-order valence-electron chi connectivity index (χ3n) is 2.75. The van der Waals surface area contributed by atoms with Crippen molar-refractivity contribution < 1.29 is 13.9 Å². The van der Waals surface area contributed by atoms with Crippen molar-refractivity contribution >= 4 is 52.0 Å². The Bertz CT molecular complexity index is 726. The van der Waals surface area contributed by atoms with Crippen molar-refractivity contribution in [1.29, 1.82) is 0 Å². The molecule has 0 atom stereocenters. The second-order valence-corrected chi connectivity index (χ2v) is 5.65. The molecule has 0 spiro atoms. The summed E-state index contributed by atoms with van der Waals surface area (Å²) in [4.78, 5) is 11.8. The fourth-order valence-corrected chi connectivity index (χ4v) is 2.36. The third kappa shape index (κ3) is 2.81. The second kappa shape index (κ2) is 5.46. The maximum Gasteiger partial charge on any atom is 0.343 e. The summed E-state index contributed by atoms with van der Waals surface area (Å²) in [5.74, 6) is 0.746. The van der Waals surface area contributed by atoms with E-state index in [4.69, 9.17) is 20.8 Å². The summed E-state index contributed by atoms with van der Waals surface area (Å²) >= 11 is 7.90. The van der Waals surface area contributed by atoms with Crippen LogP contribution < -0.4 is 0 Å². The van der Waals surface area contributed by atoms with Gasteiger partial charge in [0, 0.05) is 10.6 Å². The predicted octanol–water partition coefficient (Wildman–Crippen LogP) is 4.52. The lowest BCUT2D eigenvalue weighted by atomic mass is 10.1. The van der Waals surface area contributed by atoms with Gasteiger partial charge in [-0.1, -0.05) is 11.6 Å². The molecule has 1 aliphatic heterocycles. The highest BCUT2D eigenvalue weighted by atomic mass is 127. The van der Waals surface area contributed by atoms with Gasteiger partial charge in [0.1, 0.15) is 11.5 Å². The van der Waals surface area contributed by atoms with E-state index in [0.29, 0.717) is 22.1 Å². The zero-order chi connectivity index (χ0) is 14.1. The van der Waals surface area contributed by atoms with E-state index in [9.17, 15) is 4.79 Å². The van der Waals surface area contributed by atoms with E-state index in [1.807, 2.05) is 6.07 Å². The Morgan fingerprint density at radius 3 is 2.50 bits per heavy atom. The Labute approximate surface area is 134 Å². The number of carbonyl (C=O) groups is 1. The van der Waals surface area contributed by atoms with Crippen LogP contribution in [0.2, 0.25) is 5.02 Å². The quantitative estimate of drug-likeness (QED) is 0.424. The summed E-state index contributed by atoms with van der Waals surface area (Å²) in [7, 11) is 0. The summed E-state index contributed by atoms with van der Waals surface area (Å²) in [5, 5.41) is 0.639. The monoisotopic (exact) mass is 398 g/mol. The van der Waals surface area contributed by atoms with E-state index in [0.717, 1.165) is 9.33 Å². The average Bonchev–Trinajstić information content (AvgIpc) is 2.98. The molecule has 0 saturated carbocycles. The van der Waals surface area contributed by atoms with Gasteiger partial charge in [-0.25, -0.2) is 4.79 Å². The van der Waals surface area contributed by atoms with E-state index < -0.39 is 0 Å². The van der Waals surface area contributed by atoms with Gasteiger partial charge in [-0.2, -0.15) is 0 Å². The molecule has 20 heavy (non-hydrogen) atoms. The molecule has 0 unspecified atom stereocenters. The molecule has 5 heteroatoms. The summed E-state index contributed by atoms with van der Waals surface area (Å²) in [6.07, 6.45) is 3.36. The van der Waals surface area contributed by atoms with Crippen molar-refractivity contribution in [3.8, 4) is 0 Å². The summed E-state index contributed by atoms with van der Waals surface area (Å²) in [6, 6.07) is 10.7. The van der Waals surface area contributed by atoms with Crippen molar-refractivity contribution in [2.24, 2.45) is 0 Å². The molecular weight excluding hydrogens is 391 g/mol. The zero-order valence-electron chi connectivity index (χ0n) is 10.1. The predicted molar refractivity (Wildman–Crippen MR) is 84.9 cm³/mol. The van der Waals surface area contributed by atoms with Crippen molar-refractivity contribution in [3.63, 3.8) is 0 Å². The molecule has 1 aliphatic rings. The van der Waals surface area contributed by atoms with Crippen molar-refractivity contribution in [2.75, 3.05) is 0 Å². The molecular formula is C15H8ClIO3. The van der Waals surface area contributed by atoms with Crippen LogP contribution in [0.25, 0.3) is 11.8 Å². The number of esters is 1. The Morgan fingerprint density at radius 2 is 1.85 bits per heavy atom. The molecule has 3 rings (SSSR count). The van der Waals surface area contributed by atoms with E-state index in [-0.39, 0.29) is 5.97 Å². The lowest BCUT2D eigenvalue weighted by Crippen LogP contribution is -1.96. The number of rotatable bonds is 2. The third-order valence-corrected chi connectivity index (χ3v) is 3.58. The van der Waals surface area contributed by atoms with Crippen LogP contribution in [-0.2, 0) is 9.53 Å². The topological polar surface area (TPSA) is 39.4 Å². The Kier molecular flexibility index (Phi) is 3.67. The highest BCUT2D eigenvalue weighted by Gasteiger charge is 2.22. The van der Waals surface area contributed by atoms with Gasteiger partial charge in [0.2, 0.25) is 0 Å². The number of carbonyl (C=O) groups excluding carboxylic acids is 1. The van der Waals surface area contributed by atoms with Crippen LogP contribution in [0.1, 0.15) is 11.3 Å². The van der Waals surface area contributed by atoms with Crippen molar-refractivity contribution in [2.45, 2.75) is 0 Å². The van der Waals surface area contributed by atoms with Crippen molar-refractivity contribution in [1.82, 2.24) is 0 Å². The van der Waals surface area contributed by atoms with Crippen LogP contribution in [0, 0.1) is 3.77 Å². The number of halogens is 2. The SMILES string of the molecule is O=C1OC(c2ccc(Cl)cc2)=CC1=Cc1ccc(I)o1. The number of cyclic esters (lactones) is 1. The first-order valence-corrected chi connectivity index (χ1v) is 7.24. The van der Waals surface area contributed by atoms with Gasteiger partial charge < -0.3 is 9.15 Å². The average molecular weight is 399 g/mol. The van der Waals surface area contributed by atoms with Gasteiger partial charge in [0.15, 0.2) is 3.77 Å². The van der Waals surface area contributed by atoms with Gasteiger partial charge in [-0.3, -0.25) is 0 Å². The minimum absolute atomic E-state index is 0.388. The van der Waals surface area contributed by atoms with E-state index in [2.05, 4.69) is 22.6 Å². The number of benzene rings is 1. The fourth-order valence-electron chi connectivity index (χ4n) is 1.80. The Balaban J connectivity index is 1.92. The summed E-state index contributed by atoms with van der Waals surface area (Å²) < 4.78 is 11.4. The number of furan rings is 1. The molecule has 2 aromatic rings. The lowest BCUT2D eigenvalue weighted by molar-refractivity contribution is -0.130. The Morgan fingerprint density at radius 1 is 1.10 bits per heavy atom. The maximum atomic E-state index is 11.8. The van der Waals surface area contributed by atoms with Gasteiger partial charge in [-0.05, 0) is 71.1 Å². The van der Waals surface area contributed by atoms with E-state index in [1.165, 1.54) is 0 Å². The highest BCUT2D eigenvalue weighted by Crippen LogP contribution is 2.28. The Hall–Kier alpha value is -1.53. The number of hydrogen-bond acceptors (Lipinski definition) is 3. The molecule has 0 aliphatic carbocycles. The first-order valence-electron chi connectivity index (χ1n) is 5.79. The first kappa shape index (κ1) is 13.5. The zero-order valence-corrected chi connectivity index (χ0v) is 13.0. The van der Waals surface area contributed by atoms with Crippen LogP contribution >= 0.6 is 34.2 Å². The largest absolute Gasteiger partial charge is 0.451 e. The normalized spacial score (nSPS) is 16.4. The smallest absolute Gasteiger partial charge is 0.343 e. The fraction of sp³-hybridized carbons (Fsp3) is 0. The number of hydrogen-bond donors (Lipinski definition) is 0. The molecule has 0 bridgehead atoms. The van der Waals surface area contributed by atoms with Crippen LogP contribution in [0.4, 0.5) is 0 Å². The highest BCUT2D eigenvalue weighted by molar-refractivity contribution is 14.1. The van der Waals surface area contributed by atoms with Gasteiger partial charge in [-0.15, -0.1) is 0 Å². The van der Waals surface area contributed by atoms with Crippen LogP contribution in [0.15, 0.2) is 52.5 Å². The van der Waals surface area contributed by atoms with Crippen LogP contribution in [-0.4, -0.2) is 5.97 Å². The molecule has 0 amide bonds. The van der Waals surface area contributed by atoms with Crippen LogP contribution in [0.5, 0.6) is 0 Å². The lowest BCUT2D eigenvalue weighted by Gasteiger charge is -2.00.